The smallest absolute Gasteiger partial charge is 0.247 e. The Kier molecular flexibility index (Phi) is 2.30. The van der Waals surface area contributed by atoms with Gasteiger partial charge in [-0.05, 0) is 6.07 Å². The minimum absolute atomic E-state index is 0.429. The van der Waals surface area contributed by atoms with Crippen LogP contribution < -0.4 is 16.4 Å². The van der Waals surface area contributed by atoms with Crippen LogP contribution in [0.1, 0.15) is 11.3 Å². The average molecular weight is 218 g/mol. The molecule has 0 aliphatic heterocycles. The number of amides is 1. The van der Waals surface area contributed by atoms with Gasteiger partial charge < -0.3 is 16.4 Å². The standard InChI is InChI=1S/C11H14N4O/c1-15(2)8-3-4-14-7-5-6(11(13)16)10(12)9(7)8/h3-4H,5,12H2,1-2H3,(H2,13,16). The third-order valence-corrected chi connectivity index (χ3v) is 2.73. The molecule has 0 bridgehead atoms. The number of carbonyl (C=O) groups is 1. The van der Waals surface area contributed by atoms with Crippen molar-refractivity contribution in [3.63, 3.8) is 0 Å². The number of hydrogen-bond donors (Lipinski definition) is 2. The van der Waals surface area contributed by atoms with Gasteiger partial charge >= 0.3 is 0 Å². The first-order valence-electron chi connectivity index (χ1n) is 4.96. The van der Waals surface area contributed by atoms with Crippen LogP contribution in [-0.4, -0.2) is 25.0 Å². The van der Waals surface area contributed by atoms with Gasteiger partial charge in [-0.3, -0.25) is 9.78 Å². The highest BCUT2D eigenvalue weighted by Crippen LogP contribution is 2.34. The molecule has 1 aliphatic rings. The van der Waals surface area contributed by atoms with E-state index in [4.69, 9.17) is 11.5 Å². The van der Waals surface area contributed by atoms with E-state index in [0.717, 1.165) is 16.9 Å². The van der Waals surface area contributed by atoms with Crippen molar-refractivity contribution in [3.8, 4) is 0 Å². The molecule has 1 aromatic heterocycles. The lowest BCUT2D eigenvalue weighted by molar-refractivity contribution is -0.114. The minimum Gasteiger partial charge on any atom is -0.398 e. The lowest BCUT2D eigenvalue weighted by Gasteiger charge is -2.16. The lowest BCUT2D eigenvalue weighted by Crippen LogP contribution is -2.17. The number of anilines is 1. The molecular formula is C11H14N4O. The van der Waals surface area contributed by atoms with Gasteiger partial charge in [0.05, 0.1) is 11.4 Å². The van der Waals surface area contributed by atoms with E-state index >= 15 is 0 Å². The van der Waals surface area contributed by atoms with E-state index in [0.29, 0.717) is 17.7 Å². The fourth-order valence-electron chi connectivity index (χ4n) is 1.93. The predicted molar refractivity (Wildman–Crippen MR) is 62.6 cm³/mol. The average Bonchev–Trinajstić information content (AvgIpc) is 2.56. The summed E-state index contributed by atoms with van der Waals surface area (Å²) < 4.78 is 0. The van der Waals surface area contributed by atoms with E-state index in [9.17, 15) is 4.79 Å². The topological polar surface area (TPSA) is 85.2 Å². The number of hydrogen-bond acceptors (Lipinski definition) is 4. The van der Waals surface area contributed by atoms with Crippen LogP contribution in [0.25, 0.3) is 5.70 Å². The first kappa shape index (κ1) is 10.5. The zero-order valence-electron chi connectivity index (χ0n) is 9.32. The number of fused-ring (bicyclic) bond motifs is 1. The molecule has 0 radical (unpaired) electrons. The van der Waals surface area contributed by atoms with E-state index in [1.807, 2.05) is 25.1 Å². The molecule has 1 amide bonds. The Morgan fingerprint density at radius 2 is 2.19 bits per heavy atom. The molecule has 5 nitrogen and oxygen atoms in total. The molecule has 16 heavy (non-hydrogen) atoms. The zero-order chi connectivity index (χ0) is 11.9. The highest BCUT2D eigenvalue weighted by molar-refractivity contribution is 6.03. The van der Waals surface area contributed by atoms with Crippen molar-refractivity contribution in [3.05, 3.63) is 29.1 Å². The molecule has 0 saturated carbocycles. The molecule has 5 heteroatoms. The lowest BCUT2D eigenvalue weighted by atomic mass is 10.1. The largest absolute Gasteiger partial charge is 0.398 e. The number of aromatic nitrogens is 1. The maximum Gasteiger partial charge on any atom is 0.247 e. The van der Waals surface area contributed by atoms with Crippen LogP contribution in [0.5, 0.6) is 0 Å². The molecule has 1 heterocycles. The number of nitrogens with two attached hydrogens (primary N) is 2. The predicted octanol–water partition coefficient (Wildman–Crippen LogP) is -0.141. The van der Waals surface area contributed by atoms with Gasteiger partial charge in [-0.25, -0.2) is 0 Å². The first-order chi connectivity index (χ1) is 7.52. The molecule has 0 aromatic carbocycles. The van der Waals surface area contributed by atoms with Crippen molar-refractivity contribution >= 4 is 17.3 Å². The molecular weight excluding hydrogens is 204 g/mol. The number of rotatable bonds is 2. The molecule has 0 atom stereocenters. The molecule has 0 unspecified atom stereocenters. The zero-order valence-corrected chi connectivity index (χ0v) is 9.32. The van der Waals surface area contributed by atoms with Crippen LogP contribution >= 0.6 is 0 Å². The molecule has 1 aromatic rings. The number of primary amides is 1. The quantitative estimate of drug-likeness (QED) is 0.723. The fourth-order valence-corrected chi connectivity index (χ4v) is 1.93. The summed E-state index contributed by atoms with van der Waals surface area (Å²) in [6.07, 6.45) is 2.14. The minimum atomic E-state index is -0.472. The Balaban J connectivity index is 2.61. The molecule has 0 fully saturated rings. The summed E-state index contributed by atoms with van der Waals surface area (Å²) in [6.45, 7) is 0. The summed E-state index contributed by atoms with van der Waals surface area (Å²) in [6, 6.07) is 1.87. The van der Waals surface area contributed by atoms with Gasteiger partial charge in [-0.15, -0.1) is 0 Å². The van der Waals surface area contributed by atoms with Gasteiger partial charge in [0, 0.05) is 43.5 Å². The fraction of sp³-hybridized carbons (Fsp3) is 0.273. The SMILES string of the molecule is CN(C)c1ccnc2c1C(N)=C(C(N)=O)C2. The molecule has 1 aliphatic carbocycles. The number of nitrogens with zero attached hydrogens (tertiary/aromatic N) is 2. The van der Waals surface area contributed by atoms with Crippen molar-refractivity contribution < 1.29 is 4.79 Å². The second-order valence-corrected chi connectivity index (χ2v) is 3.98. The monoisotopic (exact) mass is 218 g/mol. The van der Waals surface area contributed by atoms with Crippen molar-refractivity contribution in [1.29, 1.82) is 0 Å². The Morgan fingerprint density at radius 1 is 1.50 bits per heavy atom. The molecule has 84 valence electrons. The van der Waals surface area contributed by atoms with Gasteiger partial charge in [0.25, 0.3) is 0 Å². The van der Waals surface area contributed by atoms with Crippen molar-refractivity contribution in [2.24, 2.45) is 11.5 Å². The van der Waals surface area contributed by atoms with E-state index in [-0.39, 0.29) is 0 Å². The summed E-state index contributed by atoms with van der Waals surface area (Å²) in [5.41, 5.74) is 14.7. The van der Waals surface area contributed by atoms with Crippen LogP contribution in [0.4, 0.5) is 5.69 Å². The second kappa shape index (κ2) is 3.52. The third-order valence-electron chi connectivity index (χ3n) is 2.73. The van der Waals surface area contributed by atoms with Crippen LogP contribution in [0.15, 0.2) is 17.8 Å². The number of pyridine rings is 1. The van der Waals surface area contributed by atoms with Gasteiger partial charge in [-0.1, -0.05) is 0 Å². The Morgan fingerprint density at radius 3 is 2.75 bits per heavy atom. The summed E-state index contributed by atoms with van der Waals surface area (Å²) in [4.78, 5) is 17.4. The first-order valence-corrected chi connectivity index (χ1v) is 4.96. The van der Waals surface area contributed by atoms with E-state index in [2.05, 4.69) is 4.98 Å². The normalized spacial score (nSPS) is 13.9. The third kappa shape index (κ3) is 1.41. The highest BCUT2D eigenvalue weighted by Gasteiger charge is 2.26. The van der Waals surface area contributed by atoms with Gasteiger partial charge in [0.1, 0.15) is 0 Å². The van der Waals surface area contributed by atoms with Crippen LogP contribution in [0.3, 0.4) is 0 Å². The van der Waals surface area contributed by atoms with Crippen LogP contribution in [-0.2, 0) is 11.2 Å². The number of carbonyl (C=O) groups excluding carboxylic acids is 1. The second-order valence-electron chi connectivity index (χ2n) is 3.98. The van der Waals surface area contributed by atoms with Crippen LogP contribution in [0.2, 0.25) is 0 Å². The van der Waals surface area contributed by atoms with Crippen molar-refractivity contribution in [2.75, 3.05) is 19.0 Å². The van der Waals surface area contributed by atoms with Crippen molar-refractivity contribution in [1.82, 2.24) is 4.98 Å². The van der Waals surface area contributed by atoms with E-state index in [1.165, 1.54) is 0 Å². The van der Waals surface area contributed by atoms with Crippen molar-refractivity contribution in [2.45, 2.75) is 6.42 Å². The molecule has 4 N–H and O–H groups in total. The maximum atomic E-state index is 11.2. The Hall–Kier alpha value is -2.04. The summed E-state index contributed by atoms with van der Waals surface area (Å²) in [5, 5.41) is 0. The summed E-state index contributed by atoms with van der Waals surface area (Å²) >= 11 is 0. The Bertz CT molecular complexity index is 491. The van der Waals surface area contributed by atoms with E-state index in [1.54, 1.807) is 6.20 Å². The summed E-state index contributed by atoms with van der Waals surface area (Å²) in [7, 11) is 3.84. The molecule has 2 rings (SSSR count). The Labute approximate surface area is 93.7 Å². The maximum absolute atomic E-state index is 11.2. The van der Waals surface area contributed by atoms with Gasteiger partial charge in [0.15, 0.2) is 0 Å². The van der Waals surface area contributed by atoms with Gasteiger partial charge in [-0.2, -0.15) is 0 Å². The molecule has 0 saturated heterocycles. The summed E-state index contributed by atoms with van der Waals surface area (Å²) in [5.74, 6) is -0.472. The molecule has 0 spiro atoms. The van der Waals surface area contributed by atoms with Gasteiger partial charge in [0.2, 0.25) is 5.91 Å². The van der Waals surface area contributed by atoms with Crippen LogP contribution in [0, 0.1) is 0 Å². The highest BCUT2D eigenvalue weighted by atomic mass is 16.1. The van der Waals surface area contributed by atoms with E-state index < -0.39 is 5.91 Å².